The van der Waals surface area contributed by atoms with Crippen LogP contribution in [0.4, 0.5) is 10.1 Å². The highest BCUT2D eigenvalue weighted by molar-refractivity contribution is 9.10. The Balaban J connectivity index is 1.49. The predicted octanol–water partition coefficient (Wildman–Crippen LogP) is 3.32. The van der Waals surface area contributed by atoms with Crippen molar-refractivity contribution in [1.82, 2.24) is 4.90 Å². The number of hydrogen-bond acceptors (Lipinski definition) is 3. The van der Waals surface area contributed by atoms with Crippen LogP contribution in [0.2, 0.25) is 0 Å². The maximum atomic E-state index is 13.0. The monoisotopic (exact) mass is 392 g/mol. The van der Waals surface area contributed by atoms with E-state index in [2.05, 4.69) is 20.8 Å². The van der Waals surface area contributed by atoms with Gasteiger partial charge in [0.05, 0.1) is 0 Å². The first-order valence-electron chi connectivity index (χ1n) is 7.78. The van der Waals surface area contributed by atoms with E-state index in [9.17, 15) is 9.18 Å². The highest BCUT2D eigenvalue weighted by atomic mass is 79.9. The summed E-state index contributed by atoms with van der Waals surface area (Å²) in [6, 6.07) is 13.9. The van der Waals surface area contributed by atoms with Crippen molar-refractivity contribution in [2.24, 2.45) is 0 Å². The van der Waals surface area contributed by atoms with Crippen LogP contribution in [0.5, 0.6) is 5.75 Å². The fourth-order valence-electron chi connectivity index (χ4n) is 2.66. The van der Waals surface area contributed by atoms with Gasteiger partial charge in [-0.15, -0.1) is 0 Å². The minimum Gasteiger partial charge on any atom is -0.484 e. The zero-order valence-corrected chi connectivity index (χ0v) is 14.7. The Kier molecular flexibility index (Phi) is 5.35. The van der Waals surface area contributed by atoms with Crippen LogP contribution < -0.4 is 9.64 Å². The molecule has 0 N–H and O–H groups in total. The Hall–Kier alpha value is -2.08. The topological polar surface area (TPSA) is 32.8 Å². The third-order valence-corrected chi connectivity index (χ3v) is 4.48. The highest BCUT2D eigenvalue weighted by Crippen LogP contribution is 2.19. The molecule has 1 aliphatic heterocycles. The van der Waals surface area contributed by atoms with Gasteiger partial charge in [0, 0.05) is 36.3 Å². The molecule has 1 heterocycles. The van der Waals surface area contributed by atoms with Gasteiger partial charge in [-0.25, -0.2) is 4.39 Å². The summed E-state index contributed by atoms with van der Waals surface area (Å²) in [4.78, 5) is 16.2. The first-order chi connectivity index (χ1) is 11.6. The summed E-state index contributed by atoms with van der Waals surface area (Å²) in [5.41, 5.74) is 0.980. The van der Waals surface area contributed by atoms with Crippen LogP contribution in [0.1, 0.15) is 0 Å². The van der Waals surface area contributed by atoms with Gasteiger partial charge in [-0.1, -0.05) is 22.0 Å². The lowest BCUT2D eigenvalue weighted by atomic mass is 10.2. The molecule has 0 unspecified atom stereocenters. The molecule has 0 aromatic heterocycles. The Morgan fingerprint density at radius 2 is 1.79 bits per heavy atom. The van der Waals surface area contributed by atoms with Gasteiger partial charge in [-0.05, 0) is 42.5 Å². The molecule has 24 heavy (non-hydrogen) atoms. The summed E-state index contributed by atoms with van der Waals surface area (Å²) in [5.74, 6) is 0.411. The van der Waals surface area contributed by atoms with Crippen LogP contribution in [0.3, 0.4) is 0 Å². The minimum atomic E-state index is -0.239. The van der Waals surface area contributed by atoms with Gasteiger partial charge in [-0.3, -0.25) is 4.79 Å². The third-order valence-electron chi connectivity index (χ3n) is 3.98. The van der Waals surface area contributed by atoms with Crippen molar-refractivity contribution in [3.05, 3.63) is 58.8 Å². The van der Waals surface area contributed by atoms with E-state index in [1.54, 1.807) is 17.0 Å². The van der Waals surface area contributed by atoms with E-state index in [1.807, 2.05) is 24.3 Å². The van der Waals surface area contributed by atoms with Gasteiger partial charge < -0.3 is 14.5 Å². The van der Waals surface area contributed by atoms with Crippen LogP contribution in [0, 0.1) is 5.82 Å². The number of ether oxygens (including phenoxy) is 1. The van der Waals surface area contributed by atoms with Gasteiger partial charge in [-0.2, -0.15) is 0 Å². The lowest BCUT2D eigenvalue weighted by Gasteiger charge is -2.36. The quantitative estimate of drug-likeness (QED) is 0.799. The van der Waals surface area contributed by atoms with Crippen molar-refractivity contribution < 1.29 is 13.9 Å². The smallest absolute Gasteiger partial charge is 0.260 e. The van der Waals surface area contributed by atoms with E-state index < -0.39 is 0 Å². The molecule has 4 nitrogen and oxygen atoms in total. The second-order valence-electron chi connectivity index (χ2n) is 5.59. The summed E-state index contributed by atoms with van der Waals surface area (Å²) in [6.07, 6.45) is 0. The van der Waals surface area contributed by atoms with Gasteiger partial charge in [0.15, 0.2) is 6.61 Å². The number of carbonyl (C=O) groups is 1. The summed E-state index contributed by atoms with van der Waals surface area (Å²) in [7, 11) is 0. The largest absolute Gasteiger partial charge is 0.484 e. The van der Waals surface area contributed by atoms with E-state index in [0.717, 1.165) is 23.2 Å². The summed E-state index contributed by atoms with van der Waals surface area (Å²) in [5, 5.41) is 0. The SMILES string of the molecule is O=C(COc1cccc(Br)c1)N1CCN(c2ccc(F)cc2)CC1. The van der Waals surface area contributed by atoms with Crippen molar-refractivity contribution in [2.75, 3.05) is 37.7 Å². The molecule has 2 aromatic rings. The van der Waals surface area contributed by atoms with Crippen LogP contribution in [0.25, 0.3) is 0 Å². The molecule has 0 bridgehead atoms. The first-order valence-corrected chi connectivity index (χ1v) is 8.58. The maximum Gasteiger partial charge on any atom is 0.260 e. The van der Waals surface area contributed by atoms with Crippen molar-refractivity contribution >= 4 is 27.5 Å². The number of rotatable bonds is 4. The molecule has 2 aromatic carbocycles. The van der Waals surface area contributed by atoms with E-state index in [0.29, 0.717) is 18.8 Å². The van der Waals surface area contributed by atoms with Crippen LogP contribution in [-0.2, 0) is 4.79 Å². The van der Waals surface area contributed by atoms with E-state index >= 15 is 0 Å². The third kappa shape index (κ3) is 4.26. The number of benzene rings is 2. The maximum absolute atomic E-state index is 13.0. The fraction of sp³-hybridized carbons (Fsp3) is 0.278. The molecule has 0 radical (unpaired) electrons. The molecule has 1 fully saturated rings. The van der Waals surface area contributed by atoms with Gasteiger partial charge in [0.2, 0.25) is 0 Å². The van der Waals surface area contributed by atoms with Crippen LogP contribution in [-0.4, -0.2) is 43.6 Å². The Morgan fingerprint density at radius 3 is 2.46 bits per heavy atom. The normalized spacial score (nSPS) is 14.6. The molecule has 0 atom stereocenters. The number of anilines is 1. The molecule has 0 saturated carbocycles. The van der Waals surface area contributed by atoms with Crippen molar-refractivity contribution in [3.8, 4) is 5.75 Å². The molecule has 0 aliphatic carbocycles. The van der Waals surface area contributed by atoms with Crippen molar-refractivity contribution in [1.29, 1.82) is 0 Å². The molecule has 0 spiro atoms. The zero-order chi connectivity index (χ0) is 16.9. The molecule has 1 amide bonds. The van der Waals surface area contributed by atoms with E-state index in [-0.39, 0.29) is 18.3 Å². The standard InChI is InChI=1S/C18H18BrFN2O2/c19-14-2-1-3-17(12-14)24-13-18(23)22-10-8-21(9-11-22)16-6-4-15(20)5-7-16/h1-7,12H,8-11,13H2. The fourth-order valence-corrected chi connectivity index (χ4v) is 3.04. The first kappa shape index (κ1) is 16.8. The number of carbonyl (C=O) groups excluding carboxylic acids is 1. The number of hydrogen-bond donors (Lipinski definition) is 0. The Labute approximate surface area is 149 Å². The number of amides is 1. The molecule has 3 rings (SSSR count). The Morgan fingerprint density at radius 1 is 1.08 bits per heavy atom. The number of halogens is 2. The number of nitrogens with zero attached hydrogens (tertiary/aromatic N) is 2. The van der Waals surface area contributed by atoms with Gasteiger partial charge in [0.1, 0.15) is 11.6 Å². The van der Waals surface area contributed by atoms with Crippen molar-refractivity contribution in [3.63, 3.8) is 0 Å². The van der Waals surface area contributed by atoms with Crippen LogP contribution >= 0.6 is 15.9 Å². The predicted molar refractivity (Wildman–Crippen MR) is 94.8 cm³/mol. The van der Waals surface area contributed by atoms with E-state index in [4.69, 9.17) is 4.74 Å². The second kappa shape index (κ2) is 7.66. The van der Waals surface area contributed by atoms with Crippen LogP contribution in [0.15, 0.2) is 53.0 Å². The van der Waals surface area contributed by atoms with E-state index in [1.165, 1.54) is 12.1 Å². The minimum absolute atomic E-state index is 0.0197. The lowest BCUT2D eigenvalue weighted by Crippen LogP contribution is -2.50. The highest BCUT2D eigenvalue weighted by Gasteiger charge is 2.21. The summed E-state index contributed by atoms with van der Waals surface area (Å²) in [6.45, 7) is 2.77. The van der Waals surface area contributed by atoms with Crippen molar-refractivity contribution in [2.45, 2.75) is 0 Å². The lowest BCUT2D eigenvalue weighted by molar-refractivity contribution is -0.133. The van der Waals surface area contributed by atoms with Gasteiger partial charge >= 0.3 is 0 Å². The molecule has 126 valence electrons. The zero-order valence-electron chi connectivity index (χ0n) is 13.1. The number of piperazine rings is 1. The molecular formula is C18H18BrFN2O2. The molecule has 1 saturated heterocycles. The van der Waals surface area contributed by atoms with Gasteiger partial charge in [0.25, 0.3) is 5.91 Å². The summed E-state index contributed by atoms with van der Waals surface area (Å²) < 4.78 is 19.5. The average Bonchev–Trinajstić information content (AvgIpc) is 2.61. The molecule has 1 aliphatic rings. The second-order valence-corrected chi connectivity index (χ2v) is 6.51. The molecule has 6 heteroatoms. The molecular weight excluding hydrogens is 375 g/mol. The summed E-state index contributed by atoms with van der Waals surface area (Å²) >= 11 is 3.37. The average molecular weight is 393 g/mol. The Bertz CT molecular complexity index is 700.